The molecule has 0 aliphatic carbocycles. The standard InChI is InChI=1S/C17H27NO3/c1-5-20-15-8-7-14(11-16(15)21-6-2)17(19)9-10-18(4)13(3)12-17/h7-8,11,13,19H,5-6,9-10,12H2,1-4H3. The highest BCUT2D eigenvalue weighted by atomic mass is 16.5. The number of hydrogen-bond donors (Lipinski definition) is 1. The van der Waals surface area contributed by atoms with Crippen LogP contribution in [0.1, 0.15) is 39.2 Å². The van der Waals surface area contributed by atoms with Gasteiger partial charge >= 0.3 is 0 Å². The number of piperidine rings is 1. The fourth-order valence-electron chi connectivity index (χ4n) is 2.93. The molecule has 1 heterocycles. The van der Waals surface area contributed by atoms with E-state index >= 15 is 0 Å². The number of ether oxygens (including phenoxy) is 2. The number of likely N-dealkylation sites (tertiary alicyclic amines) is 1. The zero-order valence-corrected chi connectivity index (χ0v) is 13.6. The third-order valence-corrected chi connectivity index (χ3v) is 4.34. The molecule has 118 valence electrons. The molecular weight excluding hydrogens is 266 g/mol. The molecule has 0 radical (unpaired) electrons. The van der Waals surface area contributed by atoms with Gasteiger partial charge in [0.25, 0.3) is 0 Å². The van der Waals surface area contributed by atoms with E-state index in [9.17, 15) is 5.11 Å². The van der Waals surface area contributed by atoms with Crippen LogP contribution in [-0.2, 0) is 5.60 Å². The van der Waals surface area contributed by atoms with Crippen molar-refractivity contribution in [1.82, 2.24) is 4.90 Å². The van der Waals surface area contributed by atoms with E-state index in [1.54, 1.807) is 0 Å². The van der Waals surface area contributed by atoms with Gasteiger partial charge in [0.05, 0.1) is 18.8 Å². The molecule has 21 heavy (non-hydrogen) atoms. The Morgan fingerprint density at radius 3 is 2.52 bits per heavy atom. The maximum absolute atomic E-state index is 11.0. The van der Waals surface area contributed by atoms with Gasteiger partial charge in [-0.15, -0.1) is 0 Å². The van der Waals surface area contributed by atoms with Crippen molar-refractivity contribution in [3.8, 4) is 11.5 Å². The SMILES string of the molecule is CCOc1ccc(C2(O)CCN(C)C(C)C2)cc1OCC. The van der Waals surface area contributed by atoms with Gasteiger partial charge in [-0.2, -0.15) is 0 Å². The lowest BCUT2D eigenvalue weighted by Gasteiger charge is -2.41. The molecular formula is C17H27NO3. The van der Waals surface area contributed by atoms with Gasteiger partial charge in [-0.05, 0) is 58.4 Å². The third kappa shape index (κ3) is 3.50. The molecule has 0 bridgehead atoms. The molecule has 4 heteroatoms. The molecule has 1 aromatic rings. The first-order valence-electron chi connectivity index (χ1n) is 7.83. The molecule has 1 fully saturated rings. The first kappa shape index (κ1) is 16.1. The molecule has 1 N–H and O–H groups in total. The van der Waals surface area contributed by atoms with Crippen molar-refractivity contribution in [2.24, 2.45) is 0 Å². The molecule has 2 unspecified atom stereocenters. The van der Waals surface area contributed by atoms with Crippen molar-refractivity contribution in [2.75, 3.05) is 26.8 Å². The van der Waals surface area contributed by atoms with Crippen LogP contribution < -0.4 is 9.47 Å². The highest BCUT2D eigenvalue weighted by Crippen LogP contribution is 2.39. The van der Waals surface area contributed by atoms with Gasteiger partial charge in [-0.25, -0.2) is 0 Å². The second-order valence-electron chi connectivity index (χ2n) is 5.84. The summed E-state index contributed by atoms with van der Waals surface area (Å²) in [5.41, 5.74) is 0.150. The zero-order chi connectivity index (χ0) is 15.5. The Balaban J connectivity index is 2.28. The van der Waals surface area contributed by atoms with E-state index in [-0.39, 0.29) is 0 Å². The van der Waals surface area contributed by atoms with Crippen molar-refractivity contribution in [2.45, 2.75) is 45.3 Å². The summed E-state index contributed by atoms with van der Waals surface area (Å²) in [6.45, 7) is 8.15. The van der Waals surface area contributed by atoms with Gasteiger partial charge in [-0.1, -0.05) is 6.07 Å². The lowest BCUT2D eigenvalue weighted by molar-refractivity contribution is -0.0410. The molecule has 1 saturated heterocycles. The average molecular weight is 293 g/mol. The van der Waals surface area contributed by atoms with Crippen LogP contribution in [0.5, 0.6) is 11.5 Å². The number of hydrogen-bond acceptors (Lipinski definition) is 4. The largest absolute Gasteiger partial charge is 0.490 e. The summed E-state index contributed by atoms with van der Waals surface area (Å²) in [4.78, 5) is 2.28. The maximum atomic E-state index is 11.0. The highest BCUT2D eigenvalue weighted by molar-refractivity contribution is 5.45. The quantitative estimate of drug-likeness (QED) is 0.906. The Kier molecular flexibility index (Phi) is 5.12. The molecule has 0 spiro atoms. The lowest BCUT2D eigenvalue weighted by Crippen LogP contribution is -2.45. The van der Waals surface area contributed by atoms with Crippen molar-refractivity contribution in [3.63, 3.8) is 0 Å². The number of benzene rings is 1. The van der Waals surface area contributed by atoms with E-state index in [2.05, 4.69) is 18.9 Å². The smallest absolute Gasteiger partial charge is 0.161 e. The molecule has 1 aromatic carbocycles. The van der Waals surface area contributed by atoms with Crippen LogP contribution in [0.3, 0.4) is 0 Å². The van der Waals surface area contributed by atoms with E-state index in [4.69, 9.17) is 9.47 Å². The zero-order valence-electron chi connectivity index (χ0n) is 13.6. The average Bonchev–Trinajstić information content (AvgIpc) is 2.46. The maximum Gasteiger partial charge on any atom is 0.161 e. The molecule has 2 atom stereocenters. The first-order valence-corrected chi connectivity index (χ1v) is 7.83. The summed E-state index contributed by atoms with van der Waals surface area (Å²) >= 11 is 0. The van der Waals surface area contributed by atoms with E-state index in [0.29, 0.717) is 19.3 Å². The molecule has 2 rings (SSSR count). The normalized spacial score (nSPS) is 26.6. The Morgan fingerprint density at radius 1 is 1.24 bits per heavy atom. The van der Waals surface area contributed by atoms with Crippen LogP contribution in [0.25, 0.3) is 0 Å². The number of aliphatic hydroxyl groups is 1. The van der Waals surface area contributed by atoms with Gasteiger partial charge in [-0.3, -0.25) is 0 Å². The minimum atomic E-state index is -0.775. The van der Waals surface area contributed by atoms with Gasteiger partial charge in [0.15, 0.2) is 11.5 Å². The minimum Gasteiger partial charge on any atom is -0.490 e. The summed E-state index contributed by atoms with van der Waals surface area (Å²) in [5, 5.41) is 11.0. The van der Waals surface area contributed by atoms with Gasteiger partial charge in [0.2, 0.25) is 0 Å². The topological polar surface area (TPSA) is 41.9 Å². The second-order valence-corrected chi connectivity index (χ2v) is 5.84. The summed E-state index contributed by atoms with van der Waals surface area (Å²) in [5.74, 6) is 1.46. The summed E-state index contributed by atoms with van der Waals surface area (Å²) in [6.07, 6.45) is 1.48. The summed E-state index contributed by atoms with van der Waals surface area (Å²) < 4.78 is 11.3. The minimum absolute atomic E-state index is 0.367. The van der Waals surface area contributed by atoms with Crippen LogP contribution in [0.15, 0.2) is 18.2 Å². The Bertz CT molecular complexity index is 477. The predicted molar refractivity (Wildman–Crippen MR) is 84.0 cm³/mol. The van der Waals surface area contributed by atoms with Gasteiger partial charge in [0.1, 0.15) is 0 Å². The van der Waals surface area contributed by atoms with Crippen molar-refractivity contribution in [1.29, 1.82) is 0 Å². The fourth-order valence-corrected chi connectivity index (χ4v) is 2.93. The second kappa shape index (κ2) is 6.67. The van der Waals surface area contributed by atoms with Crippen LogP contribution in [0.4, 0.5) is 0 Å². The Labute approximate surface area is 127 Å². The van der Waals surface area contributed by atoms with Gasteiger partial charge in [0, 0.05) is 12.6 Å². The monoisotopic (exact) mass is 293 g/mol. The van der Waals surface area contributed by atoms with Crippen LogP contribution in [-0.4, -0.2) is 42.9 Å². The first-order chi connectivity index (χ1) is 10.00. The van der Waals surface area contributed by atoms with Crippen LogP contribution in [0.2, 0.25) is 0 Å². The number of rotatable bonds is 5. The molecule has 0 aromatic heterocycles. The summed E-state index contributed by atoms with van der Waals surface area (Å²) in [7, 11) is 2.11. The van der Waals surface area contributed by atoms with Crippen molar-refractivity contribution in [3.05, 3.63) is 23.8 Å². The molecule has 1 aliphatic rings. The highest BCUT2D eigenvalue weighted by Gasteiger charge is 2.37. The van der Waals surface area contributed by atoms with Crippen molar-refractivity contribution < 1.29 is 14.6 Å². The number of nitrogens with zero attached hydrogens (tertiary/aromatic N) is 1. The molecule has 0 saturated carbocycles. The van der Waals surface area contributed by atoms with Gasteiger partial charge < -0.3 is 19.5 Å². The fraction of sp³-hybridized carbons (Fsp3) is 0.647. The van der Waals surface area contributed by atoms with E-state index in [0.717, 1.165) is 36.4 Å². The van der Waals surface area contributed by atoms with E-state index < -0.39 is 5.60 Å². The third-order valence-electron chi connectivity index (χ3n) is 4.34. The Hall–Kier alpha value is -1.26. The van der Waals surface area contributed by atoms with Crippen LogP contribution >= 0.6 is 0 Å². The molecule has 1 aliphatic heterocycles. The van der Waals surface area contributed by atoms with Crippen LogP contribution in [0, 0.1) is 0 Å². The molecule has 4 nitrogen and oxygen atoms in total. The predicted octanol–water partition coefficient (Wildman–Crippen LogP) is 2.79. The van der Waals surface area contributed by atoms with E-state index in [1.807, 2.05) is 32.0 Å². The van der Waals surface area contributed by atoms with E-state index in [1.165, 1.54) is 0 Å². The van der Waals surface area contributed by atoms with Crippen molar-refractivity contribution >= 4 is 0 Å². The lowest BCUT2D eigenvalue weighted by atomic mass is 9.81. The Morgan fingerprint density at radius 2 is 1.90 bits per heavy atom. The molecule has 0 amide bonds. The summed E-state index contributed by atoms with van der Waals surface area (Å²) in [6, 6.07) is 6.17.